The summed E-state index contributed by atoms with van der Waals surface area (Å²) in [7, 11) is -3.79. The van der Waals surface area contributed by atoms with Gasteiger partial charge in [-0.1, -0.05) is 0 Å². The van der Waals surface area contributed by atoms with Crippen LogP contribution in [-0.4, -0.2) is 54.4 Å². The van der Waals surface area contributed by atoms with Crippen LogP contribution in [0.15, 0.2) is 35.4 Å². The van der Waals surface area contributed by atoms with Gasteiger partial charge in [0.05, 0.1) is 23.2 Å². The van der Waals surface area contributed by atoms with Crippen LogP contribution >= 0.6 is 0 Å². The number of likely N-dealkylation sites (N-methyl/N-ethyl adjacent to an activating group) is 1. The number of sulfonamides is 1. The Morgan fingerprint density at radius 3 is 2.55 bits per heavy atom. The Kier molecular flexibility index (Phi) is 4.66. The maximum atomic E-state index is 14.5. The Hall–Kier alpha value is -2.79. The molecule has 1 aliphatic carbocycles. The molecule has 0 atom stereocenters. The molecule has 2 heterocycles. The molecule has 4 rings (SSSR count). The predicted octanol–water partition coefficient (Wildman–Crippen LogP) is 1.21. The number of primary sulfonamides is 1. The van der Waals surface area contributed by atoms with Crippen LogP contribution in [0.2, 0.25) is 0 Å². The lowest BCUT2D eigenvalue weighted by Gasteiger charge is -2.41. The van der Waals surface area contributed by atoms with E-state index in [4.69, 9.17) is 5.14 Å². The number of aromatic nitrogens is 2. The second-order valence-electron chi connectivity index (χ2n) is 7.28. The van der Waals surface area contributed by atoms with Gasteiger partial charge in [0.15, 0.2) is 11.6 Å². The molecule has 1 amide bonds. The molecule has 2 aromatic rings. The van der Waals surface area contributed by atoms with E-state index >= 15 is 0 Å². The van der Waals surface area contributed by atoms with Gasteiger partial charge in [0.2, 0.25) is 21.9 Å². The highest BCUT2D eigenvalue weighted by Gasteiger charge is 2.53. The molecule has 1 aromatic heterocycles. The second-order valence-corrected chi connectivity index (χ2v) is 8.84. The molecule has 0 unspecified atom stereocenters. The van der Waals surface area contributed by atoms with Crippen molar-refractivity contribution in [3.63, 3.8) is 0 Å². The smallest absolute Gasteiger partial charge is 0.242 e. The number of carbonyl (C=O) groups is 1. The van der Waals surface area contributed by atoms with Crippen molar-refractivity contribution in [1.29, 1.82) is 0 Å². The normalized spacial score (nSPS) is 18.2. The fraction of sp³-hybridized carbons (Fsp3) is 0.389. The highest BCUT2D eigenvalue weighted by molar-refractivity contribution is 7.89. The van der Waals surface area contributed by atoms with Gasteiger partial charge in [-0.05, 0) is 44.0 Å². The number of amides is 1. The zero-order chi connectivity index (χ0) is 20.8. The molecular formula is C18H21FN6O3S. The Bertz CT molecular complexity index is 1060. The molecule has 1 aliphatic heterocycles. The molecule has 2 fully saturated rings. The van der Waals surface area contributed by atoms with Gasteiger partial charge < -0.3 is 15.1 Å². The Labute approximate surface area is 167 Å². The first-order valence-corrected chi connectivity index (χ1v) is 10.7. The third kappa shape index (κ3) is 3.75. The van der Waals surface area contributed by atoms with Gasteiger partial charge in [0.25, 0.3) is 0 Å². The standard InChI is InChI=1S/C18H21FN6O3S/c1-2-25-15(26)10-24(11-18(25)7-8-18)16-14(19)9-21-17(23-16)22-12-3-5-13(6-4-12)29(20,27)28/h3-6,9H,2,7-8,10-11H2,1H3,(H2,20,27,28)(H,21,22,23). The molecule has 1 saturated heterocycles. The zero-order valence-corrected chi connectivity index (χ0v) is 16.6. The van der Waals surface area contributed by atoms with E-state index in [0.717, 1.165) is 19.0 Å². The summed E-state index contributed by atoms with van der Waals surface area (Å²) >= 11 is 0. The van der Waals surface area contributed by atoms with Crippen molar-refractivity contribution in [2.75, 3.05) is 29.9 Å². The lowest BCUT2D eigenvalue weighted by molar-refractivity contribution is -0.134. The van der Waals surface area contributed by atoms with E-state index in [1.165, 1.54) is 24.3 Å². The third-order valence-corrected chi connectivity index (χ3v) is 6.22. The number of nitrogens with zero attached hydrogens (tertiary/aromatic N) is 4. The number of piperazine rings is 1. The fourth-order valence-electron chi connectivity index (χ4n) is 3.74. The summed E-state index contributed by atoms with van der Waals surface area (Å²) in [5, 5.41) is 8.00. The van der Waals surface area contributed by atoms with Gasteiger partial charge in [0.1, 0.15) is 0 Å². The van der Waals surface area contributed by atoms with E-state index in [-0.39, 0.29) is 34.7 Å². The molecule has 0 bridgehead atoms. The van der Waals surface area contributed by atoms with Crippen molar-refractivity contribution in [2.45, 2.75) is 30.2 Å². The van der Waals surface area contributed by atoms with Gasteiger partial charge >= 0.3 is 0 Å². The topological polar surface area (TPSA) is 122 Å². The van der Waals surface area contributed by atoms with E-state index in [2.05, 4.69) is 15.3 Å². The summed E-state index contributed by atoms with van der Waals surface area (Å²) in [6.07, 6.45) is 2.86. The predicted molar refractivity (Wildman–Crippen MR) is 105 cm³/mol. The van der Waals surface area contributed by atoms with E-state index < -0.39 is 15.8 Å². The summed E-state index contributed by atoms with van der Waals surface area (Å²) < 4.78 is 37.1. The minimum Gasteiger partial charge on any atom is -0.342 e. The SMILES string of the molecule is CCN1C(=O)CN(c2nc(Nc3ccc(S(N)(=O)=O)cc3)ncc2F)CC12CC2. The van der Waals surface area contributed by atoms with Gasteiger partial charge in [-0.2, -0.15) is 4.98 Å². The average Bonchev–Trinajstić information content (AvgIpc) is 3.42. The number of hydrogen-bond donors (Lipinski definition) is 2. The highest BCUT2D eigenvalue weighted by Crippen LogP contribution is 2.45. The Balaban J connectivity index is 1.56. The molecule has 1 aromatic carbocycles. The van der Waals surface area contributed by atoms with Gasteiger partial charge in [0, 0.05) is 18.8 Å². The van der Waals surface area contributed by atoms with E-state index in [1.807, 2.05) is 11.8 Å². The quantitative estimate of drug-likeness (QED) is 0.745. The summed E-state index contributed by atoms with van der Waals surface area (Å²) in [4.78, 5) is 24.2. The summed E-state index contributed by atoms with van der Waals surface area (Å²) in [5.74, 6) is -0.435. The van der Waals surface area contributed by atoms with Crippen LogP contribution in [-0.2, 0) is 14.8 Å². The number of anilines is 3. The van der Waals surface area contributed by atoms with E-state index in [1.54, 1.807) is 4.90 Å². The van der Waals surface area contributed by atoms with Crippen LogP contribution in [0.5, 0.6) is 0 Å². The molecular weight excluding hydrogens is 399 g/mol. The number of carbonyl (C=O) groups excluding carboxylic acids is 1. The largest absolute Gasteiger partial charge is 0.342 e. The van der Waals surface area contributed by atoms with Crippen molar-refractivity contribution < 1.29 is 17.6 Å². The first-order valence-electron chi connectivity index (χ1n) is 9.20. The Morgan fingerprint density at radius 2 is 1.97 bits per heavy atom. The molecule has 154 valence electrons. The molecule has 1 spiro atoms. The summed E-state index contributed by atoms with van der Waals surface area (Å²) in [6, 6.07) is 5.72. The zero-order valence-electron chi connectivity index (χ0n) is 15.8. The monoisotopic (exact) mass is 420 g/mol. The van der Waals surface area contributed by atoms with Crippen molar-refractivity contribution in [1.82, 2.24) is 14.9 Å². The number of hydrogen-bond acceptors (Lipinski definition) is 7. The maximum Gasteiger partial charge on any atom is 0.242 e. The number of benzene rings is 1. The minimum atomic E-state index is -3.79. The first-order chi connectivity index (χ1) is 13.7. The number of nitrogens with one attached hydrogen (secondary N) is 1. The molecule has 9 nitrogen and oxygen atoms in total. The molecule has 3 N–H and O–H groups in total. The fourth-order valence-corrected chi connectivity index (χ4v) is 4.26. The second kappa shape index (κ2) is 6.92. The molecule has 2 aliphatic rings. The van der Waals surface area contributed by atoms with Crippen molar-refractivity contribution >= 4 is 33.4 Å². The average molecular weight is 420 g/mol. The first kappa shape index (κ1) is 19.5. The number of rotatable bonds is 5. The van der Waals surface area contributed by atoms with Crippen LogP contribution in [0.25, 0.3) is 0 Å². The summed E-state index contributed by atoms with van der Waals surface area (Å²) in [5.41, 5.74) is 0.291. The van der Waals surface area contributed by atoms with Crippen LogP contribution in [0.1, 0.15) is 19.8 Å². The highest BCUT2D eigenvalue weighted by atomic mass is 32.2. The Morgan fingerprint density at radius 1 is 1.28 bits per heavy atom. The molecule has 29 heavy (non-hydrogen) atoms. The van der Waals surface area contributed by atoms with Gasteiger partial charge in [-0.15, -0.1) is 0 Å². The van der Waals surface area contributed by atoms with Crippen molar-refractivity contribution in [2.24, 2.45) is 5.14 Å². The number of nitrogens with two attached hydrogens (primary N) is 1. The van der Waals surface area contributed by atoms with Crippen LogP contribution < -0.4 is 15.4 Å². The van der Waals surface area contributed by atoms with Gasteiger partial charge in [-0.25, -0.2) is 22.9 Å². The van der Waals surface area contributed by atoms with Crippen LogP contribution in [0.3, 0.4) is 0 Å². The van der Waals surface area contributed by atoms with Crippen LogP contribution in [0, 0.1) is 5.82 Å². The minimum absolute atomic E-state index is 0.0224. The van der Waals surface area contributed by atoms with E-state index in [0.29, 0.717) is 18.8 Å². The van der Waals surface area contributed by atoms with E-state index in [9.17, 15) is 17.6 Å². The maximum absolute atomic E-state index is 14.5. The van der Waals surface area contributed by atoms with Crippen molar-refractivity contribution in [3.8, 4) is 0 Å². The van der Waals surface area contributed by atoms with Crippen LogP contribution in [0.4, 0.5) is 21.8 Å². The lowest BCUT2D eigenvalue weighted by atomic mass is 10.1. The van der Waals surface area contributed by atoms with Crippen molar-refractivity contribution in [3.05, 3.63) is 36.3 Å². The molecule has 0 radical (unpaired) electrons. The third-order valence-electron chi connectivity index (χ3n) is 5.29. The molecule has 11 heteroatoms. The molecule has 1 saturated carbocycles. The van der Waals surface area contributed by atoms with Gasteiger partial charge in [-0.3, -0.25) is 4.79 Å². The lowest BCUT2D eigenvalue weighted by Crippen LogP contribution is -2.58. The number of halogens is 1. The summed E-state index contributed by atoms with van der Waals surface area (Å²) in [6.45, 7) is 3.18.